The first kappa shape index (κ1) is 16.5. The van der Waals surface area contributed by atoms with Crippen molar-refractivity contribution in [1.82, 2.24) is 24.9 Å². The monoisotopic (exact) mass is 368 g/mol. The van der Waals surface area contributed by atoms with E-state index in [1.54, 1.807) is 6.92 Å². The van der Waals surface area contributed by atoms with Gasteiger partial charge in [-0.3, -0.25) is 0 Å². The van der Waals surface area contributed by atoms with E-state index < -0.39 is 0 Å². The van der Waals surface area contributed by atoms with Crippen LogP contribution in [0.3, 0.4) is 0 Å². The summed E-state index contributed by atoms with van der Waals surface area (Å²) in [5, 5.41) is 7.04. The fraction of sp³-hybridized carbons (Fsp3) is 0.500. The molecule has 0 unspecified atom stereocenters. The maximum absolute atomic E-state index is 5.09. The highest BCUT2D eigenvalue weighted by atomic mass is 79.9. The van der Waals surface area contributed by atoms with Crippen LogP contribution in [0.2, 0.25) is 0 Å². The normalized spacial score (nSPS) is 11.8. The van der Waals surface area contributed by atoms with Crippen LogP contribution in [0, 0.1) is 6.92 Å². The second-order valence-electron chi connectivity index (χ2n) is 5.02. The molecule has 0 fully saturated rings. The van der Waals surface area contributed by atoms with E-state index in [0.29, 0.717) is 18.3 Å². The second-order valence-corrected chi connectivity index (χ2v) is 5.94. The lowest BCUT2D eigenvalue weighted by Crippen LogP contribution is -2.38. The highest BCUT2D eigenvalue weighted by molar-refractivity contribution is 9.10. The van der Waals surface area contributed by atoms with Crippen LogP contribution in [-0.4, -0.2) is 39.2 Å². The highest BCUT2D eigenvalue weighted by Gasteiger charge is 2.10. The molecule has 0 aliphatic heterocycles. The molecule has 120 valence electrons. The van der Waals surface area contributed by atoms with Crippen LogP contribution in [0.1, 0.15) is 24.3 Å². The molecule has 0 bridgehead atoms. The van der Waals surface area contributed by atoms with Crippen molar-refractivity contribution in [2.45, 2.75) is 26.9 Å². The zero-order valence-electron chi connectivity index (χ0n) is 13.3. The molecule has 2 aromatic rings. The molecule has 0 aromatic carbocycles. The molecule has 0 radical (unpaired) electrons. The van der Waals surface area contributed by atoms with Crippen molar-refractivity contribution >= 4 is 21.9 Å². The minimum Gasteiger partial charge on any atom is -0.357 e. The molecule has 1 N–H and O–H groups in total. The van der Waals surface area contributed by atoms with Crippen molar-refractivity contribution in [2.24, 2.45) is 12.0 Å². The quantitative estimate of drug-likeness (QED) is 0.646. The predicted molar refractivity (Wildman–Crippen MR) is 88.4 cm³/mol. The fourth-order valence-corrected chi connectivity index (χ4v) is 2.63. The molecule has 0 aliphatic rings. The maximum Gasteiger partial charge on any atom is 0.248 e. The number of rotatable bonds is 5. The second kappa shape index (κ2) is 7.44. The summed E-state index contributed by atoms with van der Waals surface area (Å²) in [5.41, 5.74) is 1.19. The van der Waals surface area contributed by atoms with Gasteiger partial charge < -0.3 is 19.3 Å². The summed E-state index contributed by atoms with van der Waals surface area (Å²) in [4.78, 5) is 10.8. The standard InChI is InChI=1S/C14H21BrN6O/c1-5-16-14(17-7-13-18-10(2)19-22-13)21(4)9-12-6-11(15)8-20(12)3/h6,8H,5,7,9H2,1-4H3,(H,16,17). The van der Waals surface area contributed by atoms with Gasteiger partial charge in [0.1, 0.15) is 6.54 Å². The average molecular weight is 369 g/mol. The number of guanidine groups is 1. The molecule has 0 amide bonds. The molecule has 2 rings (SSSR count). The first-order valence-electron chi connectivity index (χ1n) is 7.09. The number of aromatic nitrogens is 3. The Morgan fingerprint density at radius 3 is 2.86 bits per heavy atom. The number of hydrogen-bond acceptors (Lipinski definition) is 4. The molecule has 0 atom stereocenters. The number of aliphatic imine (C=N–C) groups is 1. The van der Waals surface area contributed by atoms with Gasteiger partial charge in [-0.1, -0.05) is 5.16 Å². The Labute approximate surface area is 138 Å². The van der Waals surface area contributed by atoms with Crippen LogP contribution in [0.15, 0.2) is 26.3 Å². The predicted octanol–water partition coefficient (Wildman–Crippen LogP) is 2.08. The van der Waals surface area contributed by atoms with Crippen LogP contribution < -0.4 is 5.32 Å². The average Bonchev–Trinajstić information content (AvgIpc) is 3.00. The lowest BCUT2D eigenvalue weighted by atomic mass is 10.4. The molecule has 0 saturated heterocycles. The first-order chi connectivity index (χ1) is 10.5. The van der Waals surface area contributed by atoms with Crippen LogP contribution in [0.25, 0.3) is 0 Å². The van der Waals surface area contributed by atoms with Gasteiger partial charge in [0.2, 0.25) is 5.89 Å². The van der Waals surface area contributed by atoms with E-state index in [4.69, 9.17) is 4.52 Å². The fourth-order valence-electron chi connectivity index (χ4n) is 2.06. The molecule has 2 heterocycles. The van der Waals surface area contributed by atoms with Crippen molar-refractivity contribution in [3.63, 3.8) is 0 Å². The summed E-state index contributed by atoms with van der Waals surface area (Å²) in [6.45, 7) is 5.74. The lowest BCUT2D eigenvalue weighted by molar-refractivity contribution is 0.375. The Morgan fingerprint density at radius 2 is 2.32 bits per heavy atom. The minimum atomic E-state index is 0.365. The molecule has 0 aliphatic carbocycles. The zero-order valence-corrected chi connectivity index (χ0v) is 14.9. The zero-order chi connectivity index (χ0) is 16.1. The van der Waals surface area contributed by atoms with Crippen molar-refractivity contribution < 1.29 is 4.52 Å². The SMILES string of the molecule is CCNC(=NCc1nc(C)no1)N(C)Cc1cc(Br)cn1C. The number of aryl methyl sites for hydroxylation is 2. The number of nitrogens with one attached hydrogen (secondary N) is 1. The summed E-state index contributed by atoms with van der Waals surface area (Å²) in [6, 6.07) is 2.10. The first-order valence-corrected chi connectivity index (χ1v) is 7.88. The number of nitrogens with zero attached hydrogens (tertiary/aromatic N) is 5. The third-order valence-corrected chi connectivity index (χ3v) is 3.54. The summed E-state index contributed by atoms with van der Waals surface area (Å²) >= 11 is 3.49. The van der Waals surface area contributed by atoms with Crippen LogP contribution in [-0.2, 0) is 20.1 Å². The molecule has 0 saturated carbocycles. The van der Waals surface area contributed by atoms with E-state index in [9.17, 15) is 0 Å². The third kappa shape index (κ3) is 4.33. The maximum atomic E-state index is 5.09. The van der Waals surface area contributed by atoms with E-state index in [1.807, 2.05) is 27.2 Å². The number of halogens is 1. The molecule has 8 heteroatoms. The van der Waals surface area contributed by atoms with Gasteiger partial charge in [0.25, 0.3) is 0 Å². The van der Waals surface area contributed by atoms with Gasteiger partial charge >= 0.3 is 0 Å². The number of hydrogen-bond donors (Lipinski definition) is 1. The molecule has 22 heavy (non-hydrogen) atoms. The molecular formula is C14H21BrN6O. The molecule has 0 spiro atoms. The van der Waals surface area contributed by atoms with E-state index in [0.717, 1.165) is 23.5 Å². The highest BCUT2D eigenvalue weighted by Crippen LogP contribution is 2.15. The Bertz CT molecular complexity index is 648. The van der Waals surface area contributed by atoms with E-state index in [-0.39, 0.29) is 0 Å². The largest absolute Gasteiger partial charge is 0.357 e. The van der Waals surface area contributed by atoms with Crippen LogP contribution in [0.5, 0.6) is 0 Å². The summed E-state index contributed by atoms with van der Waals surface area (Å²) in [6.07, 6.45) is 2.04. The Kier molecular flexibility index (Phi) is 5.59. The van der Waals surface area contributed by atoms with Crippen LogP contribution >= 0.6 is 15.9 Å². The Morgan fingerprint density at radius 1 is 1.55 bits per heavy atom. The smallest absolute Gasteiger partial charge is 0.248 e. The van der Waals surface area contributed by atoms with Gasteiger partial charge in [-0.15, -0.1) is 0 Å². The molecular weight excluding hydrogens is 348 g/mol. The van der Waals surface area contributed by atoms with Gasteiger partial charge in [0.05, 0.1) is 6.54 Å². The van der Waals surface area contributed by atoms with E-state index in [1.165, 1.54) is 5.69 Å². The summed E-state index contributed by atoms with van der Waals surface area (Å²) < 4.78 is 8.25. The summed E-state index contributed by atoms with van der Waals surface area (Å²) in [7, 11) is 4.03. The molecule has 7 nitrogen and oxygen atoms in total. The van der Waals surface area contributed by atoms with Gasteiger partial charge in [-0.25, -0.2) is 4.99 Å². The molecule has 2 aromatic heterocycles. The van der Waals surface area contributed by atoms with E-state index in [2.05, 4.69) is 51.9 Å². The summed E-state index contributed by atoms with van der Waals surface area (Å²) in [5.74, 6) is 1.94. The van der Waals surface area contributed by atoms with Crippen molar-refractivity contribution in [3.05, 3.63) is 34.1 Å². The Balaban J connectivity index is 2.07. The van der Waals surface area contributed by atoms with Crippen molar-refractivity contribution in [3.8, 4) is 0 Å². The van der Waals surface area contributed by atoms with Crippen molar-refractivity contribution in [2.75, 3.05) is 13.6 Å². The third-order valence-electron chi connectivity index (χ3n) is 3.10. The van der Waals surface area contributed by atoms with Crippen LogP contribution in [0.4, 0.5) is 0 Å². The van der Waals surface area contributed by atoms with Gasteiger partial charge in [0.15, 0.2) is 11.8 Å². The Hall–Kier alpha value is -1.83. The van der Waals surface area contributed by atoms with Crippen molar-refractivity contribution in [1.29, 1.82) is 0 Å². The van der Waals surface area contributed by atoms with E-state index >= 15 is 0 Å². The van der Waals surface area contributed by atoms with Gasteiger partial charge in [0, 0.05) is 37.0 Å². The minimum absolute atomic E-state index is 0.365. The topological polar surface area (TPSA) is 71.5 Å². The lowest BCUT2D eigenvalue weighted by Gasteiger charge is -2.22. The van der Waals surface area contributed by atoms with Gasteiger partial charge in [-0.2, -0.15) is 4.98 Å². The van der Waals surface area contributed by atoms with Gasteiger partial charge in [-0.05, 0) is 35.8 Å².